The lowest BCUT2D eigenvalue weighted by Gasteiger charge is -2.31. The molecule has 3 fully saturated rings. The molecule has 0 radical (unpaired) electrons. The molecule has 1 aliphatic carbocycles. The molecule has 0 amide bonds. The zero-order chi connectivity index (χ0) is 19.5. The second-order valence-electron chi connectivity index (χ2n) is 8.83. The normalized spacial score (nSPS) is 26.0. The van der Waals surface area contributed by atoms with E-state index in [1.807, 2.05) is 0 Å². The summed E-state index contributed by atoms with van der Waals surface area (Å²) in [7, 11) is 1.78. The second kappa shape index (κ2) is 9.86. The van der Waals surface area contributed by atoms with Gasteiger partial charge in [0.2, 0.25) is 0 Å². The van der Waals surface area contributed by atoms with Gasteiger partial charge in [-0.3, -0.25) is 4.99 Å². The number of benzene rings is 1. The number of nitrogens with zero attached hydrogens (tertiary/aromatic N) is 2. The van der Waals surface area contributed by atoms with Gasteiger partial charge in [-0.05, 0) is 38.7 Å². The van der Waals surface area contributed by atoms with E-state index in [4.69, 9.17) is 14.5 Å². The molecule has 1 saturated carbocycles. The first-order valence-corrected chi connectivity index (χ1v) is 10.9. The van der Waals surface area contributed by atoms with E-state index in [-0.39, 0.29) is 29.4 Å². The average Bonchev–Trinajstić information content (AvgIpc) is 3.48. The molecule has 4 rings (SSSR count). The number of aliphatic imine (C=N–C) groups is 1. The molecular weight excluding hydrogens is 477 g/mol. The number of nitrogens with one attached hydrogen (secondary N) is 1. The molecule has 3 aliphatic rings. The van der Waals surface area contributed by atoms with Crippen LogP contribution in [0.1, 0.15) is 51.0 Å². The van der Waals surface area contributed by atoms with Crippen LogP contribution in [0.3, 0.4) is 0 Å². The monoisotopic (exact) mass is 513 g/mol. The lowest BCUT2D eigenvalue weighted by atomic mass is 9.78. The molecule has 1 N–H and O–H groups in total. The summed E-state index contributed by atoms with van der Waals surface area (Å²) in [5.74, 6) is 2.08. The molecule has 162 valence electrons. The predicted octanol–water partition coefficient (Wildman–Crippen LogP) is 4.20. The van der Waals surface area contributed by atoms with Crippen molar-refractivity contribution in [3.8, 4) is 5.75 Å². The summed E-state index contributed by atoms with van der Waals surface area (Å²) >= 11 is 0. The SMILES string of the molecule is CCNC(=NCC1(c2ccccc2OC)CCCC1)N1CCC2(CCOC2)C1.I. The smallest absolute Gasteiger partial charge is 0.193 e. The van der Waals surface area contributed by atoms with Gasteiger partial charge in [-0.15, -0.1) is 24.0 Å². The van der Waals surface area contributed by atoms with Crippen LogP contribution in [0, 0.1) is 5.41 Å². The van der Waals surface area contributed by atoms with Crippen molar-refractivity contribution in [1.29, 1.82) is 0 Å². The van der Waals surface area contributed by atoms with Crippen LogP contribution in [0.5, 0.6) is 5.75 Å². The summed E-state index contributed by atoms with van der Waals surface area (Å²) in [4.78, 5) is 7.65. The molecule has 1 aromatic rings. The van der Waals surface area contributed by atoms with Gasteiger partial charge in [0.05, 0.1) is 20.3 Å². The summed E-state index contributed by atoms with van der Waals surface area (Å²) < 4.78 is 11.4. The standard InChI is InChI=1S/C23H35N3O2.HI/c1-3-24-21(26-14-12-22(17-26)13-15-28-18-22)25-16-23(10-6-7-11-23)19-8-4-5-9-20(19)27-2;/h4-5,8-9H,3,6-7,10-18H2,1-2H3,(H,24,25);1H. The summed E-state index contributed by atoms with van der Waals surface area (Å²) in [5, 5.41) is 3.56. The maximum Gasteiger partial charge on any atom is 0.193 e. The van der Waals surface area contributed by atoms with Gasteiger partial charge in [-0.2, -0.15) is 0 Å². The van der Waals surface area contributed by atoms with Gasteiger partial charge in [0, 0.05) is 42.6 Å². The van der Waals surface area contributed by atoms with Crippen molar-refractivity contribution >= 4 is 29.9 Å². The van der Waals surface area contributed by atoms with Crippen molar-refractivity contribution in [2.45, 2.75) is 50.9 Å². The molecule has 2 aliphatic heterocycles. The van der Waals surface area contributed by atoms with Crippen LogP contribution in [0.25, 0.3) is 0 Å². The molecule has 2 heterocycles. The van der Waals surface area contributed by atoms with Crippen molar-refractivity contribution in [1.82, 2.24) is 10.2 Å². The molecule has 1 unspecified atom stereocenters. The third-order valence-electron chi connectivity index (χ3n) is 7.03. The Bertz CT molecular complexity index is 697. The second-order valence-corrected chi connectivity index (χ2v) is 8.83. The number of likely N-dealkylation sites (tertiary alicyclic amines) is 1. The summed E-state index contributed by atoms with van der Waals surface area (Å²) in [6.07, 6.45) is 7.33. The average molecular weight is 513 g/mol. The van der Waals surface area contributed by atoms with Crippen molar-refractivity contribution in [2.75, 3.05) is 46.5 Å². The Morgan fingerprint density at radius 2 is 2.00 bits per heavy atom. The number of guanidine groups is 1. The van der Waals surface area contributed by atoms with E-state index in [0.29, 0.717) is 5.41 Å². The van der Waals surface area contributed by atoms with Gasteiger partial charge < -0.3 is 19.7 Å². The topological polar surface area (TPSA) is 46.1 Å². The predicted molar refractivity (Wildman–Crippen MR) is 129 cm³/mol. The molecule has 5 nitrogen and oxygen atoms in total. The van der Waals surface area contributed by atoms with Crippen LogP contribution >= 0.6 is 24.0 Å². The van der Waals surface area contributed by atoms with E-state index in [9.17, 15) is 0 Å². The highest BCUT2D eigenvalue weighted by Gasteiger charge is 2.43. The van der Waals surface area contributed by atoms with Gasteiger partial charge in [-0.25, -0.2) is 0 Å². The maximum absolute atomic E-state index is 5.71. The van der Waals surface area contributed by atoms with Gasteiger partial charge in [-0.1, -0.05) is 31.0 Å². The van der Waals surface area contributed by atoms with Crippen LogP contribution in [0.15, 0.2) is 29.3 Å². The minimum absolute atomic E-state index is 0. The fraction of sp³-hybridized carbons (Fsp3) is 0.696. The molecule has 2 saturated heterocycles. The van der Waals surface area contributed by atoms with Crippen LogP contribution < -0.4 is 10.1 Å². The summed E-state index contributed by atoms with van der Waals surface area (Å²) in [6.45, 7) is 7.87. The number of hydrogen-bond donors (Lipinski definition) is 1. The minimum Gasteiger partial charge on any atom is -0.496 e. The molecule has 0 aromatic heterocycles. The minimum atomic E-state index is 0. The first-order valence-electron chi connectivity index (χ1n) is 10.9. The highest BCUT2D eigenvalue weighted by Crippen LogP contribution is 2.45. The molecule has 1 spiro atoms. The van der Waals surface area contributed by atoms with E-state index in [0.717, 1.165) is 51.1 Å². The Kier molecular flexibility index (Phi) is 7.70. The third-order valence-corrected chi connectivity index (χ3v) is 7.03. The quantitative estimate of drug-likeness (QED) is 0.364. The van der Waals surface area contributed by atoms with Gasteiger partial charge >= 0.3 is 0 Å². The van der Waals surface area contributed by atoms with Crippen LogP contribution in [-0.2, 0) is 10.2 Å². The summed E-state index contributed by atoms with van der Waals surface area (Å²) in [6, 6.07) is 8.53. The molecule has 1 aromatic carbocycles. The number of halogens is 1. The molecular formula is C23H36IN3O2. The third kappa shape index (κ3) is 4.68. The molecule has 29 heavy (non-hydrogen) atoms. The zero-order valence-corrected chi connectivity index (χ0v) is 20.2. The van der Waals surface area contributed by atoms with Crippen molar-refractivity contribution < 1.29 is 9.47 Å². The van der Waals surface area contributed by atoms with Crippen molar-refractivity contribution in [3.05, 3.63) is 29.8 Å². The van der Waals surface area contributed by atoms with Gasteiger partial charge in [0.1, 0.15) is 5.75 Å². The van der Waals surface area contributed by atoms with Gasteiger partial charge in [0.15, 0.2) is 5.96 Å². The van der Waals surface area contributed by atoms with Crippen molar-refractivity contribution in [3.63, 3.8) is 0 Å². The Balaban J connectivity index is 0.00000240. The van der Waals surface area contributed by atoms with E-state index in [1.54, 1.807) is 7.11 Å². The van der Waals surface area contributed by atoms with Crippen LogP contribution in [0.2, 0.25) is 0 Å². The van der Waals surface area contributed by atoms with E-state index < -0.39 is 0 Å². The maximum atomic E-state index is 5.71. The molecule has 0 bridgehead atoms. The largest absolute Gasteiger partial charge is 0.496 e. The lowest BCUT2D eigenvalue weighted by molar-refractivity contribution is 0.156. The zero-order valence-electron chi connectivity index (χ0n) is 17.9. The number of rotatable bonds is 5. The highest BCUT2D eigenvalue weighted by atomic mass is 127. The van der Waals surface area contributed by atoms with Crippen LogP contribution in [0.4, 0.5) is 0 Å². The fourth-order valence-corrected chi connectivity index (χ4v) is 5.39. The first kappa shape index (κ1) is 22.7. The fourth-order valence-electron chi connectivity index (χ4n) is 5.39. The highest BCUT2D eigenvalue weighted by molar-refractivity contribution is 14.0. The Morgan fingerprint density at radius 3 is 2.69 bits per heavy atom. The first-order chi connectivity index (χ1) is 13.7. The molecule has 6 heteroatoms. The number of para-hydroxylation sites is 1. The summed E-state index contributed by atoms with van der Waals surface area (Å²) in [5.41, 5.74) is 1.78. The molecule has 1 atom stereocenters. The Labute approximate surface area is 192 Å². The van der Waals surface area contributed by atoms with Crippen LogP contribution in [-0.4, -0.2) is 57.4 Å². The van der Waals surface area contributed by atoms with E-state index in [2.05, 4.69) is 41.4 Å². The number of methoxy groups -OCH3 is 1. The Hall–Kier alpha value is -1.02. The van der Waals surface area contributed by atoms with Crippen molar-refractivity contribution in [2.24, 2.45) is 10.4 Å². The number of ether oxygens (including phenoxy) is 2. The van der Waals surface area contributed by atoms with E-state index in [1.165, 1.54) is 44.1 Å². The Morgan fingerprint density at radius 1 is 1.21 bits per heavy atom. The van der Waals surface area contributed by atoms with Gasteiger partial charge in [0.25, 0.3) is 0 Å². The number of hydrogen-bond acceptors (Lipinski definition) is 3. The lowest BCUT2D eigenvalue weighted by Crippen LogP contribution is -2.42. The van der Waals surface area contributed by atoms with E-state index >= 15 is 0 Å².